The molecule has 0 N–H and O–H groups in total. The highest BCUT2D eigenvalue weighted by Gasteiger charge is 2.19. The van der Waals surface area contributed by atoms with E-state index in [4.69, 9.17) is 0 Å². The van der Waals surface area contributed by atoms with Crippen molar-refractivity contribution in [1.29, 1.82) is 0 Å². The standard InChI is InChI=1S/C9H9BrN2O4S/c1-6(10)5-17-9-3-2-7(11(13)14)4-8(9)12(15)16/h2-4,6H,5H2,1H3. The number of alkyl halides is 1. The van der Waals surface area contributed by atoms with E-state index in [1.54, 1.807) is 0 Å². The lowest BCUT2D eigenvalue weighted by atomic mass is 10.3. The molecule has 0 fully saturated rings. The summed E-state index contributed by atoms with van der Waals surface area (Å²) >= 11 is 4.62. The predicted octanol–water partition coefficient (Wildman–Crippen LogP) is 3.38. The molecule has 0 saturated heterocycles. The molecule has 8 heteroatoms. The zero-order valence-corrected chi connectivity index (χ0v) is 11.2. The average Bonchev–Trinajstić information content (AvgIpc) is 2.25. The third-order valence-electron chi connectivity index (χ3n) is 1.82. The number of halogens is 1. The van der Waals surface area contributed by atoms with Crippen LogP contribution in [0, 0.1) is 20.2 Å². The van der Waals surface area contributed by atoms with Crippen molar-refractivity contribution >= 4 is 39.1 Å². The summed E-state index contributed by atoms with van der Waals surface area (Å²) in [7, 11) is 0. The van der Waals surface area contributed by atoms with Gasteiger partial charge in [-0.15, -0.1) is 11.8 Å². The molecule has 1 atom stereocenters. The summed E-state index contributed by atoms with van der Waals surface area (Å²) in [5.41, 5.74) is -0.495. The fourth-order valence-electron chi connectivity index (χ4n) is 1.09. The van der Waals surface area contributed by atoms with Gasteiger partial charge in [0.15, 0.2) is 0 Å². The molecule has 0 spiro atoms. The Kier molecular flexibility index (Phi) is 4.88. The van der Waals surface area contributed by atoms with Crippen LogP contribution in [0.3, 0.4) is 0 Å². The highest BCUT2D eigenvalue weighted by Crippen LogP contribution is 2.33. The maximum Gasteiger partial charge on any atom is 0.289 e. The third kappa shape index (κ3) is 3.97. The average molecular weight is 321 g/mol. The van der Waals surface area contributed by atoms with Crippen molar-refractivity contribution in [3.63, 3.8) is 0 Å². The summed E-state index contributed by atoms with van der Waals surface area (Å²) in [6.45, 7) is 1.92. The number of non-ortho nitro benzene ring substituents is 1. The number of nitro groups is 2. The van der Waals surface area contributed by atoms with E-state index in [-0.39, 0.29) is 16.2 Å². The van der Waals surface area contributed by atoms with Crippen molar-refractivity contribution in [3.05, 3.63) is 38.4 Å². The molecule has 0 heterocycles. The van der Waals surface area contributed by atoms with E-state index in [2.05, 4.69) is 15.9 Å². The number of nitrogens with zero attached hydrogens (tertiary/aromatic N) is 2. The van der Waals surface area contributed by atoms with Crippen LogP contribution in [0.2, 0.25) is 0 Å². The Labute approximate surface area is 110 Å². The molecule has 1 aromatic carbocycles. The van der Waals surface area contributed by atoms with Gasteiger partial charge in [0.25, 0.3) is 11.4 Å². The van der Waals surface area contributed by atoms with Crippen LogP contribution < -0.4 is 0 Å². The van der Waals surface area contributed by atoms with Gasteiger partial charge < -0.3 is 0 Å². The second-order valence-corrected chi connectivity index (χ2v) is 5.88. The van der Waals surface area contributed by atoms with Crippen LogP contribution in [-0.4, -0.2) is 20.4 Å². The lowest BCUT2D eigenvalue weighted by molar-refractivity contribution is -0.396. The highest BCUT2D eigenvalue weighted by atomic mass is 79.9. The topological polar surface area (TPSA) is 86.3 Å². The molecule has 1 rings (SSSR count). The Morgan fingerprint density at radius 2 is 2.00 bits per heavy atom. The van der Waals surface area contributed by atoms with E-state index in [0.29, 0.717) is 10.6 Å². The highest BCUT2D eigenvalue weighted by molar-refractivity contribution is 9.09. The molecule has 0 amide bonds. The second-order valence-electron chi connectivity index (χ2n) is 3.26. The van der Waals surface area contributed by atoms with Gasteiger partial charge in [-0.3, -0.25) is 20.2 Å². The minimum Gasteiger partial charge on any atom is -0.258 e. The Balaban J connectivity index is 3.04. The Hall–Kier alpha value is -1.15. The van der Waals surface area contributed by atoms with Crippen molar-refractivity contribution in [1.82, 2.24) is 0 Å². The van der Waals surface area contributed by atoms with Gasteiger partial charge in [0.05, 0.1) is 20.8 Å². The quantitative estimate of drug-likeness (QED) is 0.359. The lowest BCUT2D eigenvalue weighted by Gasteiger charge is -2.04. The Morgan fingerprint density at radius 3 is 2.47 bits per heavy atom. The van der Waals surface area contributed by atoms with Gasteiger partial charge in [-0.1, -0.05) is 22.9 Å². The summed E-state index contributed by atoms with van der Waals surface area (Å²) in [5, 5.41) is 21.3. The molecular formula is C9H9BrN2O4S. The van der Waals surface area contributed by atoms with E-state index >= 15 is 0 Å². The van der Waals surface area contributed by atoms with Crippen LogP contribution >= 0.6 is 27.7 Å². The smallest absolute Gasteiger partial charge is 0.258 e. The van der Waals surface area contributed by atoms with E-state index in [1.807, 2.05) is 6.92 Å². The van der Waals surface area contributed by atoms with Crippen molar-refractivity contribution in [2.75, 3.05) is 5.75 Å². The third-order valence-corrected chi connectivity index (χ3v) is 3.89. The molecule has 6 nitrogen and oxygen atoms in total. The minimum absolute atomic E-state index is 0.210. The van der Waals surface area contributed by atoms with Crippen LogP contribution in [-0.2, 0) is 0 Å². The Bertz CT molecular complexity index is 453. The SMILES string of the molecule is CC(Br)CSc1ccc([N+](=O)[O-])cc1[N+](=O)[O-]. The van der Waals surface area contributed by atoms with Gasteiger partial charge in [0.1, 0.15) is 0 Å². The first kappa shape index (κ1) is 13.9. The monoisotopic (exact) mass is 320 g/mol. The first-order valence-electron chi connectivity index (χ1n) is 4.61. The minimum atomic E-state index is -0.644. The number of hydrogen-bond donors (Lipinski definition) is 0. The number of benzene rings is 1. The first-order chi connectivity index (χ1) is 7.91. The zero-order chi connectivity index (χ0) is 13.0. The van der Waals surface area contributed by atoms with E-state index in [1.165, 1.54) is 23.9 Å². The molecule has 0 aromatic heterocycles. The first-order valence-corrected chi connectivity index (χ1v) is 6.51. The van der Waals surface area contributed by atoms with Gasteiger partial charge >= 0.3 is 0 Å². The van der Waals surface area contributed by atoms with Crippen molar-refractivity contribution in [2.24, 2.45) is 0 Å². The van der Waals surface area contributed by atoms with E-state index in [0.717, 1.165) is 6.07 Å². The maximum atomic E-state index is 10.8. The molecule has 1 unspecified atom stereocenters. The van der Waals surface area contributed by atoms with Crippen LogP contribution in [0.5, 0.6) is 0 Å². The van der Waals surface area contributed by atoms with Gasteiger partial charge in [-0.2, -0.15) is 0 Å². The summed E-state index contributed by atoms with van der Waals surface area (Å²) in [5.74, 6) is 0.651. The largest absolute Gasteiger partial charge is 0.289 e. The van der Waals surface area contributed by atoms with Crippen LogP contribution in [0.25, 0.3) is 0 Å². The summed E-state index contributed by atoms with van der Waals surface area (Å²) in [6.07, 6.45) is 0. The molecule has 92 valence electrons. The molecule has 0 bridgehead atoms. The second kappa shape index (κ2) is 5.97. The van der Waals surface area contributed by atoms with Crippen molar-refractivity contribution < 1.29 is 9.85 Å². The zero-order valence-electron chi connectivity index (χ0n) is 8.83. The molecule has 1 aromatic rings. The van der Waals surface area contributed by atoms with E-state index < -0.39 is 9.85 Å². The van der Waals surface area contributed by atoms with Crippen LogP contribution in [0.4, 0.5) is 11.4 Å². The number of thioether (sulfide) groups is 1. The number of hydrogen-bond acceptors (Lipinski definition) is 5. The number of rotatable bonds is 5. The predicted molar refractivity (Wildman–Crippen MR) is 68.9 cm³/mol. The summed E-state index contributed by atoms with van der Waals surface area (Å²) in [4.78, 5) is 20.7. The molecule has 0 radical (unpaired) electrons. The molecule has 17 heavy (non-hydrogen) atoms. The van der Waals surface area contributed by atoms with Crippen molar-refractivity contribution in [2.45, 2.75) is 16.6 Å². The molecule has 0 saturated carbocycles. The van der Waals surface area contributed by atoms with Crippen LogP contribution in [0.15, 0.2) is 23.1 Å². The molecule has 0 aliphatic heterocycles. The normalized spacial score (nSPS) is 12.1. The lowest BCUT2D eigenvalue weighted by Crippen LogP contribution is -1.97. The number of nitro benzene ring substituents is 2. The fourth-order valence-corrected chi connectivity index (χ4v) is 2.34. The van der Waals surface area contributed by atoms with E-state index in [9.17, 15) is 20.2 Å². The molecule has 0 aliphatic rings. The Morgan fingerprint density at radius 1 is 1.35 bits per heavy atom. The fraction of sp³-hybridized carbons (Fsp3) is 0.333. The van der Waals surface area contributed by atoms with Crippen molar-refractivity contribution in [3.8, 4) is 0 Å². The van der Waals surface area contributed by atoms with Gasteiger partial charge in [-0.25, -0.2) is 0 Å². The van der Waals surface area contributed by atoms with Gasteiger partial charge in [0, 0.05) is 16.6 Å². The summed E-state index contributed by atoms with van der Waals surface area (Å²) < 4.78 is 0. The molecule has 0 aliphatic carbocycles. The van der Waals surface area contributed by atoms with Gasteiger partial charge in [-0.05, 0) is 6.07 Å². The maximum absolute atomic E-state index is 10.8. The molecular weight excluding hydrogens is 312 g/mol. The summed E-state index contributed by atoms with van der Waals surface area (Å²) in [6, 6.07) is 3.67. The van der Waals surface area contributed by atoms with Crippen LogP contribution in [0.1, 0.15) is 6.92 Å². The van der Waals surface area contributed by atoms with Gasteiger partial charge in [0.2, 0.25) is 0 Å².